The number of para-hydroxylation sites is 2. The largest absolute Gasteiger partial charge is 0.490 e. The summed E-state index contributed by atoms with van der Waals surface area (Å²) in [5.74, 6) is 1.21. The Bertz CT molecular complexity index is 608. The van der Waals surface area contributed by atoms with Crippen LogP contribution < -0.4 is 14.9 Å². The normalized spacial score (nSPS) is 12.2. The van der Waals surface area contributed by atoms with Crippen LogP contribution in [0.2, 0.25) is 0 Å². The lowest BCUT2D eigenvalue weighted by molar-refractivity contribution is -0.155. The molecular weight excluding hydrogens is 402 g/mol. The van der Waals surface area contributed by atoms with E-state index in [1.807, 2.05) is 29.2 Å². The fourth-order valence-corrected chi connectivity index (χ4v) is 2.92. The molecule has 1 aromatic rings. The first-order chi connectivity index (χ1) is 13.3. The van der Waals surface area contributed by atoms with E-state index in [2.05, 4.69) is 5.23 Å². The first-order valence-electron chi connectivity index (χ1n) is 9.14. The number of hydrogen-bond donors (Lipinski definition) is 1. The number of nitrogens with one attached hydrogen (secondary N) is 1. The highest BCUT2D eigenvalue weighted by molar-refractivity contribution is 6.64. The molecule has 0 spiro atoms. The van der Waals surface area contributed by atoms with Crippen molar-refractivity contribution in [1.29, 1.82) is 0 Å². The zero-order chi connectivity index (χ0) is 21.0. The number of benzene rings is 1. The number of ether oxygens (including phenoxy) is 2. The summed E-state index contributed by atoms with van der Waals surface area (Å²) in [4.78, 5) is 24.9. The van der Waals surface area contributed by atoms with E-state index in [0.717, 1.165) is 5.69 Å². The maximum absolute atomic E-state index is 12.1. The minimum absolute atomic E-state index is 0.0663. The lowest BCUT2D eigenvalue weighted by Gasteiger charge is -2.26. The van der Waals surface area contributed by atoms with Crippen LogP contribution in [0, 0.1) is 0 Å². The van der Waals surface area contributed by atoms with Crippen molar-refractivity contribution >= 4 is 48.5 Å². The number of esters is 1. The number of nitrogens with zero attached hydrogens (tertiary/aromatic N) is 1. The molecule has 1 N–H and O–H groups in total. The second-order valence-electron chi connectivity index (χ2n) is 7.10. The van der Waals surface area contributed by atoms with Gasteiger partial charge in [-0.15, -0.1) is 23.2 Å². The minimum Gasteiger partial charge on any atom is -0.490 e. The fraction of sp³-hybridized carbons (Fsp3) is 0.579. The Hall–Kier alpha value is -1.44. The van der Waals surface area contributed by atoms with E-state index in [4.69, 9.17) is 32.7 Å². The molecule has 6 nitrogen and oxygen atoms in total. The minimum atomic E-state index is -0.576. The van der Waals surface area contributed by atoms with Crippen LogP contribution in [0.1, 0.15) is 27.2 Å². The molecule has 0 fully saturated rings. The maximum atomic E-state index is 12.1. The van der Waals surface area contributed by atoms with E-state index < -0.39 is 11.6 Å². The predicted molar refractivity (Wildman–Crippen MR) is 115 cm³/mol. The molecule has 0 heterocycles. The SMILES string of the molecule is CC(C)(C)OC(=O)C[C@H](COc1ccccc1N(CCCl)CCCl)N[B]C=O. The summed E-state index contributed by atoms with van der Waals surface area (Å²) in [6, 6.07) is 7.14. The van der Waals surface area contributed by atoms with Gasteiger partial charge in [-0.1, -0.05) is 12.1 Å². The third-order valence-corrected chi connectivity index (χ3v) is 3.93. The molecule has 0 bridgehead atoms. The monoisotopic (exact) mass is 429 g/mol. The third kappa shape index (κ3) is 9.67. The fourth-order valence-electron chi connectivity index (χ4n) is 2.51. The van der Waals surface area contributed by atoms with Crippen molar-refractivity contribution in [1.82, 2.24) is 5.23 Å². The smallest absolute Gasteiger partial charge is 0.307 e. The lowest BCUT2D eigenvalue weighted by Crippen LogP contribution is -2.41. The first kappa shape index (κ1) is 24.6. The first-order valence-corrected chi connectivity index (χ1v) is 10.2. The Labute approximate surface area is 178 Å². The van der Waals surface area contributed by atoms with E-state index in [0.29, 0.717) is 36.8 Å². The highest BCUT2D eigenvalue weighted by Gasteiger charge is 2.21. The van der Waals surface area contributed by atoms with Crippen molar-refractivity contribution < 1.29 is 19.1 Å². The number of anilines is 1. The zero-order valence-electron chi connectivity index (χ0n) is 16.6. The van der Waals surface area contributed by atoms with Crippen LogP contribution in [0.4, 0.5) is 5.69 Å². The van der Waals surface area contributed by atoms with Gasteiger partial charge in [-0.05, 0) is 32.9 Å². The van der Waals surface area contributed by atoms with Gasteiger partial charge in [0.25, 0.3) is 7.41 Å². The molecule has 0 aliphatic rings. The van der Waals surface area contributed by atoms with Gasteiger partial charge in [0, 0.05) is 30.9 Å². The van der Waals surface area contributed by atoms with Crippen LogP contribution in [-0.2, 0) is 14.3 Å². The summed E-state index contributed by atoms with van der Waals surface area (Å²) in [5, 5.41) is 2.88. The van der Waals surface area contributed by atoms with E-state index in [1.165, 1.54) is 7.41 Å². The number of rotatable bonds is 13. The number of carbonyl (C=O) groups excluding carboxylic acids is 2. The molecule has 1 radical (unpaired) electrons. The van der Waals surface area contributed by atoms with Crippen molar-refractivity contribution in [3.05, 3.63) is 24.3 Å². The lowest BCUT2D eigenvalue weighted by atomic mass is 9.96. The number of halogens is 2. The Morgan fingerprint density at radius 3 is 2.46 bits per heavy atom. The molecule has 0 unspecified atom stereocenters. The summed E-state index contributed by atoms with van der Waals surface area (Å²) in [6.45, 7) is 6.86. The predicted octanol–water partition coefficient (Wildman–Crippen LogP) is 2.85. The molecule has 155 valence electrons. The summed E-state index contributed by atoms with van der Waals surface area (Å²) >= 11 is 11.8. The molecular formula is C19H28BCl2N2O4. The van der Waals surface area contributed by atoms with E-state index >= 15 is 0 Å². The summed E-state index contributed by atoms with van der Waals surface area (Å²) in [5.41, 5.74) is 0.298. The van der Waals surface area contributed by atoms with Crippen LogP contribution in [0.15, 0.2) is 24.3 Å². The van der Waals surface area contributed by atoms with Gasteiger partial charge in [0.05, 0.1) is 18.3 Å². The van der Waals surface area contributed by atoms with Gasteiger partial charge in [-0.25, -0.2) is 0 Å². The Morgan fingerprint density at radius 1 is 1.25 bits per heavy atom. The maximum Gasteiger partial charge on any atom is 0.307 e. The van der Waals surface area contributed by atoms with Crippen molar-refractivity contribution in [3.8, 4) is 5.75 Å². The van der Waals surface area contributed by atoms with Gasteiger partial charge in [-0.3, -0.25) is 4.79 Å². The van der Waals surface area contributed by atoms with Crippen molar-refractivity contribution in [3.63, 3.8) is 0 Å². The van der Waals surface area contributed by atoms with E-state index in [9.17, 15) is 9.59 Å². The number of carbonyl (C=O) groups is 2. The molecule has 0 aliphatic heterocycles. The number of alkyl halides is 2. The average Bonchev–Trinajstić information content (AvgIpc) is 2.62. The van der Waals surface area contributed by atoms with Crippen molar-refractivity contribution in [2.24, 2.45) is 0 Å². The van der Waals surface area contributed by atoms with Gasteiger partial charge in [0.1, 0.15) is 18.0 Å². The topological polar surface area (TPSA) is 67.9 Å². The van der Waals surface area contributed by atoms with Crippen LogP contribution >= 0.6 is 23.2 Å². The van der Waals surface area contributed by atoms with Gasteiger partial charge in [0.15, 0.2) is 0 Å². The Balaban J connectivity index is 2.83. The van der Waals surface area contributed by atoms with E-state index in [-0.39, 0.29) is 19.0 Å². The van der Waals surface area contributed by atoms with Crippen LogP contribution in [0.5, 0.6) is 5.75 Å². The van der Waals surface area contributed by atoms with Gasteiger partial charge >= 0.3 is 5.97 Å². The van der Waals surface area contributed by atoms with Crippen molar-refractivity contribution in [2.45, 2.75) is 38.8 Å². The van der Waals surface area contributed by atoms with Crippen molar-refractivity contribution in [2.75, 3.05) is 36.4 Å². The highest BCUT2D eigenvalue weighted by atomic mass is 35.5. The molecule has 1 aromatic carbocycles. The molecule has 1 rings (SSSR count). The van der Waals surface area contributed by atoms with Crippen LogP contribution in [0.3, 0.4) is 0 Å². The third-order valence-electron chi connectivity index (χ3n) is 3.59. The molecule has 0 amide bonds. The summed E-state index contributed by atoms with van der Waals surface area (Å²) < 4.78 is 11.3. The van der Waals surface area contributed by atoms with Gasteiger partial charge in [0.2, 0.25) is 0 Å². The van der Waals surface area contributed by atoms with Gasteiger partial charge in [-0.2, -0.15) is 0 Å². The second-order valence-corrected chi connectivity index (χ2v) is 7.86. The van der Waals surface area contributed by atoms with Crippen LogP contribution in [0.25, 0.3) is 0 Å². The highest BCUT2D eigenvalue weighted by Crippen LogP contribution is 2.28. The van der Waals surface area contributed by atoms with Gasteiger partial charge < -0.3 is 24.4 Å². The molecule has 0 saturated heterocycles. The van der Waals surface area contributed by atoms with Crippen LogP contribution in [-0.4, -0.2) is 62.7 Å². The molecule has 0 aliphatic carbocycles. The Morgan fingerprint density at radius 2 is 1.89 bits per heavy atom. The summed E-state index contributed by atoms with van der Waals surface area (Å²) in [6.07, 6.45) is 0.690. The quantitative estimate of drug-likeness (QED) is 0.225. The second kappa shape index (κ2) is 12.9. The average molecular weight is 430 g/mol. The van der Waals surface area contributed by atoms with E-state index in [1.54, 1.807) is 20.8 Å². The summed E-state index contributed by atoms with van der Waals surface area (Å²) in [7, 11) is 1.25. The Kier molecular flexibility index (Phi) is 11.3. The number of hydrogen-bond acceptors (Lipinski definition) is 6. The molecule has 1 atom stereocenters. The zero-order valence-corrected chi connectivity index (χ0v) is 18.1. The molecule has 0 saturated carbocycles. The molecule has 9 heteroatoms. The molecule has 28 heavy (non-hydrogen) atoms. The molecule has 0 aromatic heterocycles. The standard InChI is InChI=1S/C19H28BCl2N2O4/c1-19(2,3)28-18(26)12-15(23-20-14-25)13-27-17-7-5-4-6-16(17)24(10-8-21)11-9-22/h4-7,14-15,23H,8-13H2,1-3H3/t15-/m1/s1.